The third-order valence-electron chi connectivity index (χ3n) is 5.26. The SMILES string of the molecule is COc1cc(C2CC(=O)Nc3c(S(=O)(=O)c4ccccc4)csc32)ccc1OCC(C)C. The first-order valence-corrected chi connectivity index (χ1v) is 12.7. The van der Waals surface area contributed by atoms with Gasteiger partial charge < -0.3 is 14.8 Å². The van der Waals surface area contributed by atoms with Crippen molar-refractivity contribution in [3.05, 3.63) is 64.4 Å². The second-order valence-electron chi connectivity index (χ2n) is 8.08. The molecule has 0 saturated carbocycles. The number of methoxy groups -OCH3 is 1. The van der Waals surface area contributed by atoms with Gasteiger partial charge in [-0.1, -0.05) is 38.1 Å². The van der Waals surface area contributed by atoms with E-state index in [-0.39, 0.29) is 28.0 Å². The smallest absolute Gasteiger partial charge is 0.225 e. The molecule has 168 valence electrons. The fourth-order valence-electron chi connectivity index (χ4n) is 3.67. The van der Waals surface area contributed by atoms with E-state index in [2.05, 4.69) is 19.2 Å². The first-order valence-electron chi connectivity index (χ1n) is 10.3. The Hall–Kier alpha value is -2.84. The lowest BCUT2D eigenvalue weighted by Crippen LogP contribution is -2.23. The van der Waals surface area contributed by atoms with E-state index < -0.39 is 9.84 Å². The Labute approximate surface area is 192 Å². The van der Waals surface area contributed by atoms with E-state index in [9.17, 15) is 13.2 Å². The molecular weight excluding hydrogens is 446 g/mol. The summed E-state index contributed by atoms with van der Waals surface area (Å²) in [5, 5.41) is 4.41. The number of sulfone groups is 1. The van der Waals surface area contributed by atoms with E-state index in [0.29, 0.717) is 29.7 Å². The van der Waals surface area contributed by atoms with Gasteiger partial charge in [0, 0.05) is 22.6 Å². The summed E-state index contributed by atoms with van der Waals surface area (Å²) in [5.41, 5.74) is 1.25. The highest BCUT2D eigenvalue weighted by atomic mass is 32.2. The maximum Gasteiger partial charge on any atom is 0.225 e. The van der Waals surface area contributed by atoms with Crippen LogP contribution in [-0.4, -0.2) is 28.0 Å². The molecule has 1 aliphatic heterocycles. The van der Waals surface area contributed by atoms with E-state index in [0.717, 1.165) is 10.4 Å². The number of rotatable bonds is 7. The summed E-state index contributed by atoms with van der Waals surface area (Å²) < 4.78 is 37.8. The van der Waals surface area contributed by atoms with Crippen LogP contribution < -0.4 is 14.8 Å². The third-order valence-corrected chi connectivity index (χ3v) is 8.30. The van der Waals surface area contributed by atoms with Crippen molar-refractivity contribution >= 4 is 32.8 Å². The van der Waals surface area contributed by atoms with Gasteiger partial charge in [0.25, 0.3) is 0 Å². The van der Waals surface area contributed by atoms with Crippen LogP contribution in [-0.2, 0) is 14.6 Å². The van der Waals surface area contributed by atoms with Gasteiger partial charge in [0.2, 0.25) is 15.7 Å². The number of benzene rings is 2. The predicted octanol–water partition coefficient (Wildman–Crippen LogP) is 5.10. The summed E-state index contributed by atoms with van der Waals surface area (Å²) in [7, 11) is -2.17. The zero-order valence-corrected chi connectivity index (χ0v) is 19.8. The number of nitrogens with one attached hydrogen (secondary N) is 1. The topological polar surface area (TPSA) is 81.7 Å². The van der Waals surface area contributed by atoms with Crippen molar-refractivity contribution in [2.75, 3.05) is 19.0 Å². The lowest BCUT2D eigenvalue weighted by atomic mass is 9.90. The summed E-state index contributed by atoms with van der Waals surface area (Å²) in [6, 6.07) is 13.9. The highest BCUT2D eigenvalue weighted by molar-refractivity contribution is 7.91. The van der Waals surface area contributed by atoms with Crippen molar-refractivity contribution < 1.29 is 22.7 Å². The molecule has 3 aromatic rings. The first-order chi connectivity index (χ1) is 15.3. The average molecular weight is 472 g/mol. The average Bonchev–Trinajstić information content (AvgIpc) is 3.22. The number of carbonyl (C=O) groups is 1. The fourth-order valence-corrected chi connectivity index (χ4v) is 6.60. The normalized spacial score (nSPS) is 15.9. The molecule has 1 N–H and O–H groups in total. The molecule has 0 radical (unpaired) electrons. The van der Waals surface area contributed by atoms with E-state index in [4.69, 9.17) is 9.47 Å². The molecule has 2 aromatic carbocycles. The van der Waals surface area contributed by atoms with Crippen LogP contribution in [0.15, 0.2) is 63.7 Å². The molecule has 1 amide bonds. The highest BCUT2D eigenvalue weighted by Gasteiger charge is 2.34. The van der Waals surface area contributed by atoms with Crippen LogP contribution in [0.4, 0.5) is 5.69 Å². The Morgan fingerprint density at radius 1 is 1.12 bits per heavy atom. The van der Waals surface area contributed by atoms with Crippen LogP contribution in [0, 0.1) is 5.92 Å². The number of amides is 1. The number of thiophene rings is 1. The van der Waals surface area contributed by atoms with Crippen molar-refractivity contribution in [1.82, 2.24) is 0 Å². The molecular formula is C24H25NO5S2. The number of fused-ring (bicyclic) bond motifs is 1. The Morgan fingerprint density at radius 2 is 1.88 bits per heavy atom. The van der Waals surface area contributed by atoms with Crippen molar-refractivity contribution in [1.29, 1.82) is 0 Å². The molecule has 8 heteroatoms. The zero-order chi connectivity index (χ0) is 22.9. The zero-order valence-electron chi connectivity index (χ0n) is 18.1. The molecule has 0 saturated heterocycles. The molecule has 1 unspecified atom stereocenters. The third kappa shape index (κ3) is 4.25. The van der Waals surface area contributed by atoms with E-state index in [1.54, 1.807) is 42.8 Å². The number of hydrogen-bond donors (Lipinski definition) is 1. The van der Waals surface area contributed by atoms with Gasteiger partial charge in [0.15, 0.2) is 11.5 Å². The van der Waals surface area contributed by atoms with Crippen molar-refractivity contribution in [3.8, 4) is 11.5 Å². The maximum absolute atomic E-state index is 13.2. The van der Waals surface area contributed by atoms with E-state index >= 15 is 0 Å². The molecule has 1 atom stereocenters. The molecule has 1 aromatic heterocycles. The minimum absolute atomic E-state index is 0.130. The molecule has 2 heterocycles. The molecule has 4 rings (SSSR count). The van der Waals surface area contributed by atoms with Crippen molar-refractivity contribution in [3.63, 3.8) is 0 Å². The molecule has 32 heavy (non-hydrogen) atoms. The second-order valence-corrected chi connectivity index (χ2v) is 10.9. The molecule has 0 fully saturated rings. The molecule has 6 nitrogen and oxygen atoms in total. The van der Waals surface area contributed by atoms with E-state index in [1.165, 1.54) is 11.3 Å². The summed E-state index contributed by atoms with van der Waals surface area (Å²) in [6.45, 7) is 4.71. The molecule has 1 aliphatic rings. The summed E-state index contributed by atoms with van der Waals surface area (Å²) in [4.78, 5) is 13.7. The number of carbonyl (C=O) groups excluding carboxylic acids is 1. The van der Waals surface area contributed by atoms with Gasteiger partial charge >= 0.3 is 0 Å². The standard InChI is InChI=1S/C24H25NO5S2/c1-15(2)13-30-19-10-9-16(11-20(19)29-3)18-12-22(26)25-23-21(14-31-24(18)23)32(27,28)17-7-5-4-6-8-17/h4-11,14-15,18H,12-13H2,1-3H3,(H,25,26). The minimum Gasteiger partial charge on any atom is -0.493 e. The van der Waals surface area contributed by atoms with Crippen molar-refractivity contribution in [2.45, 2.75) is 36.0 Å². The predicted molar refractivity (Wildman–Crippen MR) is 125 cm³/mol. The van der Waals surface area contributed by atoms with Crippen LogP contribution in [0.3, 0.4) is 0 Å². The van der Waals surface area contributed by atoms with Gasteiger partial charge in [0.05, 0.1) is 24.3 Å². The fraction of sp³-hybridized carbons (Fsp3) is 0.292. The second kappa shape index (κ2) is 8.96. The van der Waals surface area contributed by atoms with Gasteiger partial charge in [-0.3, -0.25) is 4.79 Å². The molecule has 0 aliphatic carbocycles. The van der Waals surface area contributed by atoms with Crippen LogP contribution in [0.2, 0.25) is 0 Å². The summed E-state index contributed by atoms with van der Waals surface area (Å²) >= 11 is 1.34. The van der Waals surface area contributed by atoms with Crippen molar-refractivity contribution in [2.24, 2.45) is 5.92 Å². The molecule has 0 spiro atoms. The van der Waals surface area contributed by atoms with Crippen LogP contribution >= 0.6 is 11.3 Å². The van der Waals surface area contributed by atoms with Gasteiger partial charge in [-0.15, -0.1) is 11.3 Å². The number of hydrogen-bond acceptors (Lipinski definition) is 6. The summed E-state index contributed by atoms with van der Waals surface area (Å²) in [5.74, 6) is 1.12. The molecule has 0 bridgehead atoms. The van der Waals surface area contributed by atoms with Gasteiger partial charge in [-0.2, -0.15) is 0 Å². The Kier molecular flexibility index (Phi) is 6.26. The van der Waals surface area contributed by atoms with E-state index in [1.807, 2.05) is 18.2 Å². The van der Waals surface area contributed by atoms with Crippen LogP contribution in [0.5, 0.6) is 11.5 Å². The number of anilines is 1. The highest BCUT2D eigenvalue weighted by Crippen LogP contribution is 2.47. The maximum atomic E-state index is 13.2. The number of ether oxygens (including phenoxy) is 2. The lowest BCUT2D eigenvalue weighted by Gasteiger charge is -2.24. The minimum atomic E-state index is -3.75. The Balaban J connectivity index is 1.73. The van der Waals surface area contributed by atoms with Gasteiger partial charge in [-0.25, -0.2) is 8.42 Å². The largest absolute Gasteiger partial charge is 0.493 e. The Bertz CT molecular complexity index is 1230. The monoisotopic (exact) mass is 471 g/mol. The summed E-state index contributed by atoms with van der Waals surface area (Å²) in [6.07, 6.45) is 0.230. The van der Waals surface area contributed by atoms with Gasteiger partial charge in [-0.05, 0) is 35.7 Å². The van der Waals surface area contributed by atoms with Crippen LogP contribution in [0.1, 0.15) is 36.6 Å². The van der Waals surface area contributed by atoms with Gasteiger partial charge in [0.1, 0.15) is 4.90 Å². The Morgan fingerprint density at radius 3 is 2.56 bits per heavy atom. The van der Waals surface area contributed by atoms with Crippen LogP contribution in [0.25, 0.3) is 0 Å². The first kappa shape index (κ1) is 22.4. The lowest BCUT2D eigenvalue weighted by molar-refractivity contribution is -0.116. The quantitative estimate of drug-likeness (QED) is 0.519.